The van der Waals surface area contributed by atoms with E-state index in [2.05, 4.69) is 27.3 Å². The molecule has 1 N–H and O–H groups in total. The molecule has 0 radical (unpaired) electrons. The summed E-state index contributed by atoms with van der Waals surface area (Å²) in [4.78, 5) is 27.8. The number of rotatable bonds is 6. The number of hydrogen-bond acceptors (Lipinski definition) is 5. The van der Waals surface area contributed by atoms with Crippen LogP contribution in [0.25, 0.3) is 16.6 Å². The van der Waals surface area contributed by atoms with Crippen molar-refractivity contribution in [3.63, 3.8) is 0 Å². The molecule has 8 nitrogen and oxygen atoms in total. The molecule has 1 aliphatic heterocycles. The van der Waals surface area contributed by atoms with Crippen LogP contribution in [0.5, 0.6) is 0 Å². The normalized spacial score (nSPS) is 15.6. The van der Waals surface area contributed by atoms with Gasteiger partial charge in [0.2, 0.25) is 0 Å². The molecule has 1 saturated heterocycles. The Morgan fingerprint density at radius 1 is 1.11 bits per heavy atom. The van der Waals surface area contributed by atoms with E-state index in [0.29, 0.717) is 27.2 Å². The minimum Gasteiger partial charge on any atom is -0.369 e. The van der Waals surface area contributed by atoms with Gasteiger partial charge >= 0.3 is 0 Å². The lowest BCUT2D eigenvalue weighted by atomic mass is 10.1. The highest BCUT2D eigenvalue weighted by Gasteiger charge is 2.28. The average molecular weight is 525 g/mol. The third kappa shape index (κ3) is 4.42. The first-order valence-corrected chi connectivity index (χ1v) is 12.5. The summed E-state index contributed by atoms with van der Waals surface area (Å²) in [7, 11) is 0. The molecule has 1 atom stereocenters. The second kappa shape index (κ2) is 9.96. The summed E-state index contributed by atoms with van der Waals surface area (Å²) in [5, 5.41) is 11.6. The Labute approximate surface area is 216 Å². The van der Waals surface area contributed by atoms with Gasteiger partial charge in [0.05, 0.1) is 17.6 Å². The van der Waals surface area contributed by atoms with Crippen LogP contribution in [0.1, 0.15) is 50.1 Å². The highest BCUT2D eigenvalue weighted by atomic mass is 19.1. The zero-order valence-electron chi connectivity index (χ0n) is 21.2. The monoisotopic (exact) mass is 524 g/mol. The van der Waals surface area contributed by atoms with Crippen LogP contribution in [0.15, 0.2) is 47.4 Å². The molecule has 5 rings (SSSR count). The van der Waals surface area contributed by atoms with Gasteiger partial charge in [-0.05, 0) is 44.4 Å². The Balaban J connectivity index is 1.58. The number of aromatic nitrogens is 4. The largest absolute Gasteiger partial charge is 0.369 e. The SMILES string of the molecule is CC[C@H]1CCN(c2c(NC(=O)c3ccc(=O)n(-c4c(F)cccc4F)n3)cc(F)c3c2cnn3C(C)C)C1. The number of nitrogens with zero attached hydrogens (tertiary/aromatic N) is 5. The molecule has 38 heavy (non-hydrogen) atoms. The highest BCUT2D eigenvalue weighted by molar-refractivity contribution is 6.09. The van der Waals surface area contributed by atoms with Gasteiger partial charge < -0.3 is 10.2 Å². The molecule has 4 aromatic rings. The van der Waals surface area contributed by atoms with Gasteiger partial charge in [0.15, 0.2) is 17.5 Å². The van der Waals surface area contributed by atoms with Crippen molar-refractivity contribution >= 4 is 28.2 Å². The fraction of sp³-hybridized carbons (Fsp3) is 0.333. The van der Waals surface area contributed by atoms with Crippen LogP contribution in [0, 0.1) is 23.4 Å². The number of para-hydroxylation sites is 1. The van der Waals surface area contributed by atoms with Gasteiger partial charge in [0.25, 0.3) is 11.5 Å². The molecule has 2 aromatic carbocycles. The number of nitrogens with one attached hydrogen (secondary N) is 1. The van der Waals surface area contributed by atoms with E-state index in [-0.39, 0.29) is 17.4 Å². The molecule has 0 unspecified atom stereocenters. The molecule has 0 spiro atoms. The summed E-state index contributed by atoms with van der Waals surface area (Å²) in [5.74, 6) is -2.87. The quantitative estimate of drug-likeness (QED) is 0.381. The first-order valence-electron chi connectivity index (χ1n) is 12.5. The second-order valence-corrected chi connectivity index (χ2v) is 9.70. The van der Waals surface area contributed by atoms with Gasteiger partial charge in [-0.15, -0.1) is 0 Å². The Hall–Kier alpha value is -4.15. The summed E-state index contributed by atoms with van der Waals surface area (Å²) >= 11 is 0. The number of carbonyl (C=O) groups excluding carboxylic acids is 1. The van der Waals surface area contributed by atoms with Crippen LogP contribution in [-0.2, 0) is 0 Å². The van der Waals surface area contributed by atoms with E-state index < -0.39 is 34.6 Å². The van der Waals surface area contributed by atoms with Gasteiger partial charge in [-0.2, -0.15) is 14.9 Å². The Kier molecular flexibility index (Phi) is 6.68. The van der Waals surface area contributed by atoms with Crippen LogP contribution in [0.2, 0.25) is 0 Å². The van der Waals surface area contributed by atoms with Crippen LogP contribution in [0.3, 0.4) is 0 Å². The lowest BCUT2D eigenvalue weighted by Gasteiger charge is -2.24. The second-order valence-electron chi connectivity index (χ2n) is 9.70. The zero-order valence-corrected chi connectivity index (χ0v) is 21.2. The molecule has 0 aliphatic carbocycles. The number of anilines is 2. The number of hydrogen-bond donors (Lipinski definition) is 1. The third-order valence-corrected chi connectivity index (χ3v) is 6.90. The number of benzene rings is 2. The first kappa shape index (κ1) is 25.5. The molecular formula is C27H27F3N6O2. The Bertz CT molecular complexity index is 1580. The summed E-state index contributed by atoms with van der Waals surface area (Å²) < 4.78 is 46.2. The molecule has 0 bridgehead atoms. The Morgan fingerprint density at radius 2 is 1.84 bits per heavy atom. The molecule has 1 aliphatic rings. The van der Waals surface area contributed by atoms with Crippen molar-refractivity contribution in [2.75, 3.05) is 23.3 Å². The zero-order chi connectivity index (χ0) is 27.1. The maximum absolute atomic E-state index is 15.4. The maximum atomic E-state index is 15.4. The van der Waals surface area contributed by atoms with Crippen LogP contribution < -0.4 is 15.8 Å². The van der Waals surface area contributed by atoms with Crippen molar-refractivity contribution in [1.82, 2.24) is 19.6 Å². The van der Waals surface area contributed by atoms with E-state index in [0.717, 1.165) is 56.3 Å². The third-order valence-electron chi connectivity index (χ3n) is 6.90. The number of carbonyl (C=O) groups is 1. The standard InChI is InChI=1S/C27H27F3N6O2/c1-4-16-10-11-34(14-16)25-17-13-31-35(15(2)3)24(17)20(30)12-22(25)32-27(38)21-8-9-23(37)36(33-21)26-18(28)6-5-7-19(26)29/h5-9,12-13,15-16H,4,10-11,14H2,1-3H3,(H,32,38)/t16-/m0/s1. The molecular weight excluding hydrogens is 497 g/mol. The molecule has 2 aromatic heterocycles. The van der Waals surface area contributed by atoms with E-state index in [1.54, 1.807) is 10.9 Å². The minimum atomic E-state index is -1.01. The van der Waals surface area contributed by atoms with Crippen LogP contribution >= 0.6 is 0 Å². The van der Waals surface area contributed by atoms with Crippen LogP contribution in [0.4, 0.5) is 24.5 Å². The molecule has 3 heterocycles. The topological polar surface area (TPSA) is 85.1 Å². The van der Waals surface area contributed by atoms with E-state index in [4.69, 9.17) is 0 Å². The van der Waals surface area contributed by atoms with E-state index in [1.807, 2.05) is 13.8 Å². The van der Waals surface area contributed by atoms with Gasteiger partial charge in [0.1, 0.15) is 16.9 Å². The predicted molar refractivity (Wildman–Crippen MR) is 138 cm³/mol. The van der Waals surface area contributed by atoms with Crippen molar-refractivity contribution in [1.29, 1.82) is 0 Å². The van der Waals surface area contributed by atoms with E-state index in [9.17, 15) is 18.4 Å². The highest BCUT2D eigenvalue weighted by Crippen LogP contribution is 2.40. The number of fused-ring (bicyclic) bond motifs is 1. The predicted octanol–water partition coefficient (Wildman–Crippen LogP) is 5.07. The van der Waals surface area contributed by atoms with Gasteiger partial charge in [-0.3, -0.25) is 14.3 Å². The molecule has 1 amide bonds. The fourth-order valence-corrected chi connectivity index (χ4v) is 4.95. The van der Waals surface area contributed by atoms with Crippen molar-refractivity contribution in [3.05, 3.63) is 76.1 Å². The average Bonchev–Trinajstić information content (AvgIpc) is 3.53. The van der Waals surface area contributed by atoms with Crippen LogP contribution in [-0.4, -0.2) is 38.6 Å². The fourth-order valence-electron chi connectivity index (χ4n) is 4.95. The lowest BCUT2D eigenvalue weighted by molar-refractivity contribution is 0.102. The molecule has 198 valence electrons. The summed E-state index contributed by atoms with van der Waals surface area (Å²) in [6, 6.07) is 6.45. The first-order chi connectivity index (χ1) is 18.2. The molecule has 1 fully saturated rings. The smallest absolute Gasteiger partial charge is 0.276 e. The van der Waals surface area contributed by atoms with Gasteiger partial charge in [-0.25, -0.2) is 13.2 Å². The summed E-state index contributed by atoms with van der Waals surface area (Å²) in [5.41, 5.74) is -0.576. The van der Waals surface area contributed by atoms with Crippen molar-refractivity contribution in [2.24, 2.45) is 5.92 Å². The maximum Gasteiger partial charge on any atom is 0.276 e. The number of amides is 1. The van der Waals surface area contributed by atoms with E-state index >= 15 is 4.39 Å². The summed E-state index contributed by atoms with van der Waals surface area (Å²) in [6.07, 6.45) is 3.55. The van der Waals surface area contributed by atoms with E-state index in [1.165, 1.54) is 6.07 Å². The van der Waals surface area contributed by atoms with Crippen molar-refractivity contribution in [3.8, 4) is 5.69 Å². The number of halogens is 3. The lowest BCUT2D eigenvalue weighted by Crippen LogP contribution is -2.27. The van der Waals surface area contributed by atoms with Crippen molar-refractivity contribution < 1.29 is 18.0 Å². The molecule has 0 saturated carbocycles. The Morgan fingerprint density at radius 3 is 2.50 bits per heavy atom. The molecule has 11 heteroatoms. The van der Waals surface area contributed by atoms with Gasteiger partial charge in [-0.1, -0.05) is 19.4 Å². The summed E-state index contributed by atoms with van der Waals surface area (Å²) in [6.45, 7) is 7.40. The van der Waals surface area contributed by atoms with Gasteiger partial charge in [0, 0.05) is 36.7 Å². The van der Waals surface area contributed by atoms with Crippen molar-refractivity contribution in [2.45, 2.75) is 39.7 Å². The minimum absolute atomic E-state index is 0.0821.